The molecule has 23 heavy (non-hydrogen) atoms. The molecule has 0 bridgehead atoms. The molecule has 0 radical (unpaired) electrons. The molecule has 1 aliphatic heterocycles. The van der Waals surface area contributed by atoms with Gasteiger partial charge in [-0.15, -0.1) is 0 Å². The minimum Gasteiger partial charge on any atom is -0.458 e. The normalized spacial score (nSPS) is 40.3. The van der Waals surface area contributed by atoms with E-state index < -0.39 is 0 Å². The third kappa shape index (κ3) is 2.58. The van der Waals surface area contributed by atoms with E-state index in [1.807, 2.05) is 12.2 Å². The number of cyclic esters (lactones) is 1. The number of ether oxygens (including phenoxy) is 1. The highest BCUT2D eigenvalue weighted by Crippen LogP contribution is 2.61. The summed E-state index contributed by atoms with van der Waals surface area (Å²) < 4.78 is 5.03. The fourth-order valence-electron chi connectivity index (χ4n) is 5.11. The molecule has 3 nitrogen and oxygen atoms in total. The Hall–Kier alpha value is -1.38. The number of allylic oxidation sites excluding steroid dienone is 2. The molecular weight excluding hydrogens is 288 g/mol. The zero-order valence-corrected chi connectivity index (χ0v) is 14.8. The van der Waals surface area contributed by atoms with E-state index in [2.05, 4.69) is 27.7 Å². The van der Waals surface area contributed by atoms with Crippen molar-refractivity contribution >= 4 is 11.8 Å². The molecule has 2 aliphatic carbocycles. The SMILES string of the molecule is CC1=CC(=O)C[C@@H]2[C@@](C)(CCC3=CCOC3=O)[C@H](C)CC[C@@]12C. The van der Waals surface area contributed by atoms with Crippen molar-refractivity contribution in [2.45, 2.75) is 59.8 Å². The second-order valence-electron chi connectivity index (χ2n) is 8.24. The Balaban J connectivity index is 1.87. The predicted molar refractivity (Wildman–Crippen MR) is 89.8 cm³/mol. The molecule has 0 aromatic heterocycles. The van der Waals surface area contributed by atoms with E-state index in [0.717, 1.165) is 24.8 Å². The van der Waals surface area contributed by atoms with Crippen LogP contribution in [0, 0.1) is 22.7 Å². The first-order valence-electron chi connectivity index (χ1n) is 8.85. The van der Waals surface area contributed by atoms with Crippen molar-refractivity contribution in [3.8, 4) is 0 Å². The van der Waals surface area contributed by atoms with Gasteiger partial charge in [0.1, 0.15) is 6.61 Å². The molecule has 0 aromatic carbocycles. The van der Waals surface area contributed by atoms with Crippen LogP contribution in [0.3, 0.4) is 0 Å². The minimum absolute atomic E-state index is 0.0852. The van der Waals surface area contributed by atoms with Crippen molar-refractivity contribution in [1.29, 1.82) is 0 Å². The Morgan fingerprint density at radius 3 is 2.70 bits per heavy atom. The number of carbonyl (C=O) groups excluding carboxylic acids is 2. The molecule has 0 aromatic rings. The number of hydrogen-bond acceptors (Lipinski definition) is 3. The summed E-state index contributed by atoms with van der Waals surface area (Å²) in [6.07, 6.45) is 8.50. The highest BCUT2D eigenvalue weighted by Gasteiger charge is 2.54. The zero-order chi connectivity index (χ0) is 16.8. The van der Waals surface area contributed by atoms with Gasteiger partial charge in [-0.2, -0.15) is 0 Å². The van der Waals surface area contributed by atoms with Gasteiger partial charge in [-0.3, -0.25) is 4.79 Å². The molecule has 0 amide bonds. The maximum absolute atomic E-state index is 12.2. The van der Waals surface area contributed by atoms with E-state index in [-0.39, 0.29) is 22.6 Å². The predicted octanol–water partition coefficient (Wildman–Crippen LogP) is 4.23. The summed E-state index contributed by atoms with van der Waals surface area (Å²) in [4.78, 5) is 23.9. The van der Waals surface area contributed by atoms with Gasteiger partial charge in [-0.1, -0.05) is 26.3 Å². The number of esters is 1. The van der Waals surface area contributed by atoms with Crippen LogP contribution in [-0.2, 0) is 14.3 Å². The molecule has 1 saturated carbocycles. The highest BCUT2D eigenvalue weighted by molar-refractivity contribution is 5.92. The third-order valence-corrected chi connectivity index (χ3v) is 7.21. The molecule has 126 valence electrons. The lowest BCUT2D eigenvalue weighted by Gasteiger charge is -2.57. The highest BCUT2D eigenvalue weighted by atomic mass is 16.5. The van der Waals surface area contributed by atoms with E-state index >= 15 is 0 Å². The summed E-state index contributed by atoms with van der Waals surface area (Å²) in [7, 11) is 0. The van der Waals surface area contributed by atoms with Crippen LogP contribution in [0.15, 0.2) is 23.3 Å². The molecule has 0 N–H and O–H groups in total. The molecule has 0 unspecified atom stereocenters. The van der Waals surface area contributed by atoms with Gasteiger partial charge in [-0.05, 0) is 67.4 Å². The van der Waals surface area contributed by atoms with Crippen molar-refractivity contribution in [1.82, 2.24) is 0 Å². The van der Waals surface area contributed by atoms with Crippen molar-refractivity contribution in [2.24, 2.45) is 22.7 Å². The zero-order valence-electron chi connectivity index (χ0n) is 14.8. The van der Waals surface area contributed by atoms with Crippen LogP contribution in [0.2, 0.25) is 0 Å². The van der Waals surface area contributed by atoms with Gasteiger partial charge >= 0.3 is 5.97 Å². The van der Waals surface area contributed by atoms with Crippen molar-refractivity contribution < 1.29 is 14.3 Å². The first kappa shape index (κ1) is 16.5. The number of fused-ring (bicyclic) bond motifs is 1. The summed E-state index contributed by atoms with van der Waals surface area (Å²) in [5, 5.41) is 0. The lowest BCUT2D eigenvalue weighted by molar-refractivity contribution is -0.136. The van der Waals surface area contributed by atoms with Gasteiger partial charge in [-0.25, -0.2) is 4.79 Å². The van der Waals surface area contributed by atoms with Crippen LogP contribution in [-0.4, -0.2) is 18.4 Å². The first-order chi connectivity index (χ1) is 10.8. The number of rotatable bonds is 3. The van der Waals surface area contributed by atoms with Gasteiger partial charge in [0, 0.05) is 12.0 Å². The Morgan fingerprint density at radius 1 is 1.30 bits per heavy atom. The van der Waals surface area contributed by atoms with E-state index in [4.69, 9.17) is 4.74 Å². The lowest BCUT2D eigenvalue weighted by atomic mass is 9.47. The quantitative estimate of drug-likeness (QED) is 0.732. The number of hydrogen-bond donors (Lipinski definition) is 0. The van der Waals surface area contributed by atoms with Crippen molar-refractivity contribution in [3.63, 3.8) is 0 Å². The average Bonchev–Trinajstić information content (AvgIpc) is 2.90. The summed E-state index contributed by atoms with van der Waals surface area (Å²) >= 11 is 0. The first-order valence-corrected chi connectivity index (χ1v) is 8.85. The van der Waals surface area contributed by atoms with Gasteiger partial charge in [0.05, 0.1) is 0 Å². The number of ketones is 1. The smallest absolute Gasteiger partial charge is 0.334 e. The van der Waals surface area contributed by atoms with Crippen LogP contribution in [0.4, 0.5) is 0 Å². The van der Waals surface area contributed by atoms with Gasteiger partial charge in [0.25, 0.3) is 0 Å². The van der Waals surface area contributed by atoms with Crippen LogP contribution >= 0.6 is 0 Å². The molecule has 0 saturated heterocycles. The third-order valence-electron chi connectivity index (χ3n) is 7.21. The minimum atomic E-state index is -0.157. The van der Waals surface area contributed by atoms with E-state index in [0.29, 0.717) is 24.9 Å². The molecule has 0 spiro atoms. The second-order valence-corrected chi connectivity index (χ2v) is 8.24. The molecule has 1 heterocycles. The molecule has 3 aliphatic rings. The largest absolute Gasteiger partial charge is 0.458 e. The topological polar surface area (TPSA) is 43.4 Å². The Kier molecular flexibility index (Phi) is 4.02. The van der Waals surface area contributed by atoms with Gasteiger partial charge in [0.15, 0.2) is 5.78 Å². The maximum Gasteiger partial charge on any atom is 0.334 e. The summed E-state index contributed by atoms with van der Waals surface area (Å²) in [5.74, 6) is 1.05. The van der Waals surface area contributed by atoms with E-state index in [1.54, 1.807) is 0 Å². The van der Waals surface area contributed by atoms with Crippen molar-refractivity contribution in [2.75, 3.05) is 6.61 Å². The average molecular weight is 316 g/mol. The fraction of sp³-hybridized carbons (Fsp3) is 0.700. The fourth-order valence-corrected chi connectivity index (χ4v) is 5.11. The Bertz CT molecular complexity index is 600. The van der Waals surface area contributed by atoms with E-state index in [9.17, 15) is 9.59 Å². The van der Waals surface area contributed by atoms with Crippen LogP contribution in [0.1, 0.15) is 59.8 Å². The molecule has 4 atom stereocenters. The molecular formula is C20H28O3. The lowest BCUT2D eigenvalue weighted by Crippen LogP contribution is -2.51. The van der Waals surface area contributed by atoms with Crippen LogP contribution in [0.25, 0.3) is 0 Å². The molecule has 3 rings (SSSR count). The standard InChI is InChI=1S/C20H28O3/c1-13-5-8-20(4)14(2)11-16(21)12-17(20)19(13,3)9-6-15-7-10-23-18(15)22/h7,11,13,17H,5-6,8-10,12H2,1-4H3/t13-,17-,19+,20+/m1/s1. The van der Waals surface area contributed by atoms with Gasteiger partial charge < -0.3 is 4.74 Å². The maximum atomic E-state index is 12.2. The summed E-state index contributed by atoms with van der Waals surface area (Å²) in [6, 6.07) is 0. The molecule has 3 heteroatoms. The summed E-state index contributed by atoms with van der Waals surface area (Å²) in [6.45, 7) is 9.54. The summed E-state index contributed by atoms with van der Waals surface area (Å²) in [5.41, 5.74) is 2.28. The number of carbonyl (C=O) groups is 2. The van der Waals surface area contributed by atoms with Crippen LogP contribution in [0.5, 0.6) is 0 Å². The Morgan fingerprint density at radius 2 is 2.04 bits per heavy atom. The van der Waals surface area contributed by atoms with E-state index in [1.165, 1.54) is 12.0 Å². The molecule has 1 fully saturated rings. The van der Waals surface area contributed by atoms with Gasteiger partial charge in [0.2, 0.25) is 0 Å². The second kappa shape index (κ2) is 5.61. The van der Waals surface area contributed by atoms with Crippen LogP contribution < -0.4 is 0 Å². The monoisotopic (exact) mass is 316 g/mol. The van der Waals surface area contributed by atoms with Crippen molar-refractivity contribution in [3.05, 3.63) is 23.3 Å². The Labute approximate surface area is 139 Å².